The zero-order valence-corrected chi connectivity index (χ0v) is 9.73. The van der Waals surface area contributed by atoms with Crippen LogP contribution in [0.2, 0.25) is 0 Å². The third-order valence-corrected chi connectivity index (χ3v) is 2.33. The first-order chi connectivity index (χ1) is 7.90. The maximum absolute atomic E-state index is 11.7. The third kappa shape index (κ3) is 3.79. The van der Waals surface area contributed by atoms with Crippen molar-refractivity contribution in [1.29, 1.82) is 0 Å². The van der Waals surface area contributed by atoms with Crippen molar-refractivity contribution in [2.75, 3.05) is 0 Å². The highest BCUT2D eigenvalue weighted by atomic mass is 16.4. The minimum Gasteiger partial charge on any atom is -0.508 e. The number of aromatic hydroxyl groups is 1. The Bertz CT molecular complexity index is 442. The zero-order chi connectivity index (χ0) is 13.0. The number of phenolic OH excluding ortho intramolecular Hbond substituents is 1. The molecule has 1 atom stereocenters. The van der Waals surface area contributed by atoms with Crippen molar-refractivity contribution in [2.45, 2.75) is 26.3 Å². The Morgan fingerprint density at radius 2 is 2.06 bits per heavy atom. The number of carboxylic acids is 1. The number of hydrogen-bond donors (Lipinski definition) is 3. The van der Waals surface area contributed by atoms with E-state index in [1.807, 2.05) is 0 Å². The molecule has 5 nitrogen and oxygen atoms in total. The van der Waals surface area contributed by atoms with E-state index in [-0.39, 0.29) is 12.2 Å². The Labute approximate surface area is 99.1 Å². The summed E-state index contributed by atoms with van der Waals surface area (Å²) in [5.41, 5.74) is 0.991. The second-order valence-corrected chi connectivity index (χ2v) is 3.97. The maximum Gasteiger partial charge on any atom is 0.305 e. The summed E-state index contributed by atoms with van der Waals surface area (Å²) in [4.78, 5) is 22.1. The molecule has 1 amide bonds. The molecule has 0 bridgehead atoms. The van der Waals surface area contributed by atoms with Crippen LogP contribution in [-0.4, -0.2) is 28.1 Å². The van der Waals surface area contributed by atoms with Crippen molar-refractivity contribution >= 4 is 11.9 Å². The molecular weight excluding hydrogens is 222 g/mol. The van der Waals surface area contributed by atoms with E-state index in [1.165, 1.54) is 6.07 Å². The second kappa shape index (κ2) is 5.34. The van der Waals surface area contributed by atoms with Gasteiger partial charge in [0.25, 0.3) is 5.91 Å². The topological polar surface area (TPSA) is 86.6 Å². The number of aryl methyl sites for hydroxylation is 1. The molecule has 92 valence electrons. The number of aliphatic carboxylic acids is 1. The summed E-state index contributed by atoms with van der Waals surface area (Å²) >= 11 is 0. The lowest BCUT2D eigenvalue weighted by molar-refractivity contribution is -0.137. The predicted octanol–water partition coefficient (Wildman–Crippen LogP) is 1.29. The highest BCUT2D eigenvalue weighted by Crippen LogP contribution is 2.17. The van der Waals surface area contributed by atoms with Gasteiger partial charge in [-0.15, -0.1) is 0 Å². The van der Waals surface area contributed by atoms with Crippen molar-refractivity contribution in [3.63, 3.8) is 0 Å². The van der Waals surface area contributed by atoms with Gasteiger partial charge in [0.2, 0.25) is 0 Å². The molecule has 1 aromatic rings. The predicted molar refractivity (Wildman–Crippen MR) is 62.0 cm³/mol. The summed E-state index contributed by atoms with van der Waals surface area (Å²) in [7, 11) is 0. The molecular formula is C12H15NO4. The van der Waals surface area contributed by atoms with Crippen LogP contribution < -0.4 is 5.32 Å². The summed E-state index contributed by atoms with van der Waals surface area (Å²) < 4.78 is 0. The smallest absolute Gasteiger partial charge is 0.305 e. The molecule has 0 heterocycles. The van der Waals surface area contributed by atoms with Crippen LogP contribution in [0.15, 0.2) is 18.2 Å². The number of phenols is 1. The van der Waals surface area contributed by atoms with E-state index in [4.69, 9.17) is 5.11 Å². The molecule has 1 aromatic carbocycles. The van der Waals surface area contributed by atoms with Crippen LogP contribution in [0, 0.1) is 6.92 Å². The van der Waals surface area contributed by atoms with E-state index in [2.05, 4.69) is 5.32 Å². The van der Waals surface area contributed by atoms with E-state index in [0.29, 0.717) is 11.1 Å². The monoisotopic (exact) mass is 237 g/mol. The largest absolute Gasteiger partial charge is 0.508 e. The molecule has 1 rings (SSSR count). The molecule has 17 heavy (non-hydrogen) atoms. The molecule has 0 saturated heterocycles. The fourth-order valence-electron chi connectivity index (χ4n) is 1.37. The number of rotatable bonds is 4. The number of carboxylic acid groups (broad SMARTS) is 1. The summed E-state index contributed by atoms with van der Waals surface area (Å²) in [6.45, 7) is 3.34. The number of amides is 1. The van der Waals surface area contributed by atoms with Crippen molar-refractivity contribution < 1.29 is 19.8 Å². The molecule has 0 saturated carbocycles. The van der Waals surface area contributed by atoms with Gasteiger partial charge >= 0.3 is 5.97 Å². The fraction of sp³-hybridized carbons (Fsp3) is 0.333. The number of carbonyl (C=O) groups excluding carboxylic acids is 1. The van der Waals surface area contributed by atoms with Crippen molar-refractivity contribution in [1.82, 2.24) is 5.32 Å². The molecule has 0 spiro atoms. The molecule has 0 radical (unpaired) electrons. The van der Waals surface area contributed by atoms with Gasteiger partial charge in [0.05, 0.1) is 6.42 Å². The van der Waals surface area contributed by atoms with Gasteiger partial charge in [-0.25, -0.2) is 0 Å². The van der Waals surface area contributed by atoms with Gasteiger partial charge in [-0.1, -0.05) is 6.07 Å². The zero-order valence-electron chi connectivity index (χ0n) is 9.73. The molecule has 0 aliphatic heterocycles. The first-order valence-electron chi connectivity index (χ1n) is 5.22. The molecule has 0 fully saturated rings. The average Bonchev–Trinajstić information content (AvgIpc) is 2.20. The minimum atomic E-state index is -0.968. The van der Waals surface area contributed by atoms with Gasteiger partial charge in [0.1, 0.15) is 5.75 Å². The van der Waals surface area contributed by atoms with Crippen molar-refractivity contribution in [3.8, 4) is 5.75 Å². The Hall–Kier alpha value is -2.04. The van der Waals surface area contributed by atoms with E-state index in [0.717, 1.165) is 0 Å². The molecule has 0 aliphatic carbocycles. The molecule has 0 aliphatic rings. The number of hydrogen-bond acceptors (Lipinski definition) is 3. The average molecular weight is 237 g/mol. The lowest BCUT2D eigenvalue weighted by Gasteiger charge is -2.11. The fourth-order valence-corrected chi connectivity index (χ4v) is 1.37. The van der Waals surface area contributed by atoms with E-state index in [1.54, 1.807) is 26.0 Å². The van der Waals surface area contributed by atoms with Gasteiger partial charge in [-0.05, 0) is 31.5 Å². The summed E-state index contributed by atoms with van der Waals surface area (Å²) in [6, 6.07) is 4.12. The van der Waals surface area contributed by atoms with Crippen LogP contribution in [0.25, 0.3) is 0 Å². The Morgan fingerprint density at radius 1 is 1.41 bits per heavy atom. The lowest BCUT2D eigenvalue weighted by atomic mass is 10.1. The summed E-state index contributed by atoms with van der Waals surface area (Å²) in [5, 5.41) is 20.6. The van der Waals surface area contributed by atoms with Crippen LogP contribution in [0.5, 0.6) is 5.75 Å². The quantitative estimate of drug-likeness (QED) is 0.736. The van der Waals surface area contributed by atoms with Crippen LogP contribution in [-0.2, 0) is 4.79 Å². The van der Waals surface area contributed by atoms with Crippen molar-refractivity contribution in [2.24, 2.45) is 0 Å². The van der Waals surface area contributed by atoms with Crippen LogP contribution in [0.4, 0.5) is 0 Å². The van der Waals surface area contributed by atoms with Crippen LogP contribution in [0.1, 0.15) is 29.3 Å². The van der Waals surface area contributed by atoms with E-state index < -0.39 is 17.9 Å². The van der Waals surface area contributed by atoms with Crippen LogP contribution >= 0.6 is 0 Å². The molecule has 1 unspecified atom stereocenters. The normalized spacial score (nSPS) is 11.9. The van der Waals surface area contributed by atoms with Crippen molar-refractivity contribution in [3.05, 3.63) is 29.3 Å². The minimum absolute atomic E-state index is 0.0449. The van der Waals surface area contributed by atoms with Gasteiger partial charge in [-0.2, -0.15) is 0 Å². The van der Waals surface area contributed by atoms with Gasteiger partial charge < -0.3 is 15.5 Å². The number of carbonyl (C=O) groups is 2. The highest BCUT2D eigenvalue weighted by molar-refractivity contribution is 5.95. The maximum atomic E-state index is 11.7. The van der Waals surface area contributed by atoms with Crippen LogP contribution in [0.3, 0.4) is 0 Å². The Kier molecular flexibility index (Phi) is 4.09. The molecule has 0 aromatic heterocycles. The summed E-state index contributed by atoms with van der Waals surface area (Å²) in [5.74, 6) is -1.32. The van der Waals surface area contributed by atoms with Gasteiger partial charge in [0, 0.05) is 11.6 Å². The molecule has 3 N–H and O–H groups in total. The molecule has 5 heteroatoms. The van der Waals surface area contributed by atoms with E-state index >= 15 is 0 Å². The SMILES string of the molecule is Cc1ccc(C(=O)NC(C)CC(=O)O)cc1O. The number of nitrogens with one attached hydrogen (secondary N) is 1. The lowest BCUT2D eigenvalue weighted by Crippen LogP contribution is -2.34. The second-order valence-electron chi connectivity index (χ2n) is 3.97. The van der Waals surface area contributed by atoms with E-state index in [9.17, 15) is 14.7 Å². The standard InChI is InChI=1S/C12H15NO4/c1-7-3-4-9(6-10(7)14)12(17)13-8(2)5-11(15)16/h3-4,6,8,14H,5H2,1-2H3,(H,13,17)(H,15,16). The summed E-state index contributed by atoms with van der Waals surface area (Å²) in [6.07, 6.45) is -0.135. The third-order valence-electron chi connectivity index (χ3n) is 2.33. The highest BCUT2D eigenvalue weighted by Gasteiger charge is 2.13. The van der Waals surface area contributed by atoms with Gasteiger partial charge in [-0.3, -0.25) is 9.59 Å². The van der Waals surface area contributed by atoms with Gasteiger partial charge in [0.15, 0.2) is 0 Å². The number of benzene rings is 1. The Morgan fingerprint density at radius 3 is 2.59 bits per heavy atom. The Balaban J connectivity index is 2.70. The first kappa shape index (κ1) is 13.0. The first-order valence-corrected chi connectivity index (χ1v) is 5.22.